The van der Waals surface area contributed by atoms with Crippen LogP contribution in [0.4, 0.5) is 0 Å². The Morgan fingerprint density at radius 1 is 1.44 bits per heavy atom. The minimum absolute atomic E-state index is 0.0526. The zero-order valence-electron chi connectivity index (χ0n) is 14.0. The summed E-state index contributed by atoms with van der Waals surface area (Å²) in [5, 5.41) is 0. The number of aromatic amines is 1. The van der Waals surface area contributed by atoms with E-state index in [1.165, 1.54) is 4.57 Å². The molecule has 1 amide bonds. The fourth-order valence-electron chi connectivity index (χ4n) is 2.64. The molecule has 0 radical (unpaired) electrons. The van der Waals surface area contributed by atoms with Crippen molar-refractivity contribution in [3.8, 4) is 0 Å². The predicted octanol–water partition coefficient (Wildman–Crippen LogP) is 2.34. The number of nitrogens with zero attached hydrogens (tertiary/aromatic N) is 1. The molecule has 0 bridgehead atoms. The average Bonchev–Trinajstić information content (AvgIpc) is 2.50. The minimum atomic E-state index is -0.695. The van der Waals surface area contributed by atoms with Crippen LogP contribution in [0, 0.1) is 0 Å². The van der Waals surface area contributed by atoms with Crippen LogP contribution in [0.5, 0.6) is 0 Å². The van der Waals surface area contributed by atoms with Crippen molar-refractivity contribution in [2.45, 2.75) is 43.7 Å². The lowest BCUT2D eigenvalue weighted by atomic mass is 10.2. The molecule has 1 aromatic heterocycles. The van der Waals surface area contributed by atoms with Gasteiger partial charge in [-0.3, -0.25) is 23.8 Å². The van der Waals surface area contributed by atoms with Crippen LogP contribution < -0.4 is 16.6 Å². The number of carbonyl (C=O) groups is 1. The molecule has 2 aromatic rings. The van der Waals surface area contributed by atoms with Crippen molar-refractivity contribution in [2.75, 3.05) is 5.75 Å². The molecule has 0 saturated carbocycles. The second-order valence-corrected chi connectivity index (χ2v) is 8.82. The number of benzene rings is 1. The topological polar surface area (TPSA) is 93.2 Å². The van der Waals surface area contributed by atoms with E-state index in [0.717, 1.165) is 9.37 Å². The van der Waals surface area contributed by atoms with Crippen molar-refractivity contribution in [3.05, 3.63) is 37.3 Å². The predicted molar refractivity (Wildman–Crippen MR) is 99.9 cm³/mol. The maximum atomic E-state index is 12.4. The molecule has 25 heavy (non-hydrogen) atoms. The Morgan fingerprint density at radius 3 is 2.84 bits per heavy atom. The van der Waals surface area contributed by atoms with Crippen LogP contribution >= 0.6 is 27.7 Å². The Balaban J connectivity index is 1.99. The molecule has 2 N–H and O–H groups in total. The smallest absolute Gasteiger partial charge is 0.316 e. The number of thioether (sulfide) groups is 1. The quantitative estimate of drug-likeness (QED) is 0.578. The molecule has 1 unspecified atom stereocenters. The molecular formula is C16H18BrN3O4S. The van der Waals surface area contributed by atoms with Crippen molar-refractivity contribution in [1.82, 2.24) is 15.0 Å². The highest BCUT2D eigenvalue weighted by atomic mass is 79.9. The Labute approximate surface area is 156 Å². The van der Waals surface area contributed by atoms with E-state index >= 15 is 0 Å². The molecule has 3 rings (SSSR count). The van der Waals surface area contributed by atoms with Crippen molar-refractivity contribution >= 4 is 44.6 Å². The van der Waals surface area contributed by atoms with Crippen molar-refractivity contribution in [2.24, 2.45) is 0 Å². The number of hydrogen-bond donors (Lipinski definition) is 2. The third-order valence-electron chi connectivity index (χ3n) is 3.63. The summed E-state index contributed by atoms with van der Waals surface area (Å²) >= 11 is 4.96. The van der Waals surface area contributed by atoms with Crippen LogP contribution in [0.15, 0.2) is 31.1 Å². The number of carbonyl (C=O) groups excluding carboxylic acids is 1. The van der Waals surface area contributed by atoms with Gasteiger partial charge in [0.15, 0.2) is 0 Å². The Bertz CT molecular complexity index is 961. The fourth-order valence-corrected chi connectivity index (χ4v) is 4.44. The lowest BCUT2D eigenvalue weighted by molar-refractivity contribution is -0.146. The first kappa shape index (κ1) is 18.2. The lowest BCUT2D eigenvalue weighted by Crippen LogP contribution is -2.42. The molecule has 9 heteroatoms. The van der Waals surface area contributed by atoms with E-state index in [2.05, 4.69) is 26.4 Å². The molecule has 1 aromatic carbocycles. The maximum Gasteiger partial charge on any atom is 0.317 e. The normalized spacial score (nSPS) is 16.9. The maximum absolute atomic E-state index is 12.4. The molecule has 0 saturated heterocycles. The van der Waals surface area contributed by atoms with Crippen molar-refractivity contribution in [1.29, 1.82) is 0 Å². The van der Waals surface area contributed by atoms with Gasteiger partial charge >= 0.3 is 11.1 Å². The van der Waals surface area contributed by atoms with Gasteiger partial charge in [0, 0.05) is 15.1 Å². The molecule has 0 fully saturated rings. The van der Waals surface area contributed by atoms with Crippen LogP contribution in [0.1, 0.15) is 33.2 Å². The van der Waals surface area contributed by atoms with Crippen LogP contribution in [-0.4, -0.2) is 26.8 Å². The Hall–Kier alpha value is -1.58. The molecule has 1 aliphatic rings. The number of halogens is 1. The number of hydroxylamine groups is 1. The van der Waals surface area contributed by atoms with Crippen LogP contribution in [0.3, 0.4) is 0 Å². The molecule has 0 aliphatic carbocycles. The third-order valence-corrected chi connectivity index (χ3v) is 5.26. The number of rotatable bonds is 3. The molecule has 0 spiro atoms. The molecule has 134 valence electrons. The monoisotopic (exact) mass is 427 g/mol. The highest BCUT2D eigenvalue weighted by molar-refractivity contribution is 9.10. The Morgan fingerprint density at radius 2 is 2.16 bits per heavy atom. The SMILES string of the molecule is CC(C)(C)ONC(=O)CC1CSc2cc(Br)cc3[nH]c(=O)c(=O)n1c23. The van der Waals surface area contributed by atoms with E-state index in [4.69, 9.17) is 4.84 Å². The number of aromatic nitrogens is 2. The zero-order valence-corrected chi connectivity index (χ0v) is 16.4. The van der Waals surface area contributed by atoms with Gasteiger partial charge in [-0.2, -0.15) is 0 Å². The standard InChI is InChI=1S/C16H18BrN3O4S/c1-16(2,3)24-19-12(21)6-9-7-25-11-5-8(17)4-10-13(11)20(9)15(23)14(22)18-10/h4-5,9H,6-7H2,1-3H3,(H,18,22)(H,19,21). The largest absolute Gasteiger partial charge is 0.317 e. The summed E-state index contributed by atoms with van der Waals surface area (Å²) in [6.45, 7) is 5.47. The lowest BCUT2D eigenvalue weighted by Gasteiger charge is -2.27. The van der Waals surface area contributed by atoms with Gasteiger partial charge in [0.2, 0.25) is 5.91 Å². The Kier molecular flexibility index (Phi) is 4.82. The average molecular weight is 428 g/mol. The summed E-state index contributed by atoms with van der Waals surface area (Å²) in [6, 6.07) is 3.24. The van der Waals surface area contributed by atoms with Gasteiger partial charge in [-0.1, -0.05) is 15.9 Å². The highest BCUT2D eigenvalue weighted by Crippen LogP contribution is 2.37. The van der Waals surface area contributed by atoms with Crippen LogP contribution in [0.2, 0.25) is 0 Å². The third kappa shape index (κ3) is 3.83. The van der Waals surface area contributed by atoms with Crippen molar-refractivity contribution < 1.29 is 9.63 Å². The summed E-state index contributed by atoms with van der Waals surface area (Å²) in [5.41, 5.74) is 1.78. The van der Waals surface area contributed by atoms with Crippen molar-refractivity contribution in [3.63, 3.8) is 0 Å². The first-order chi connectivity index (χ1) is 11.7. The summed E-state index contributed by atoms with van der Waals surface area (Å²) in [5.74, 6) is 0.187. The first-order valence-electron chi connectivity index (χ1n) is 7.73. The van der Waals surface area contributed by atoms with Gasteiger partial charge in [0.1, 0.15) is 0 Å². The van der Waals surface area contributed by atoms with Gasteiger partial charge in [0.05, 0.1) is 29.1 Å². The first-order valence-corrected chi connectivity index (χ1v) is 9.51. The van der Waals surface area contributed by atoms with E-state index in [0.29, 0.717) is 16.8 Å². The number of nitrogens with one attached hydrogen (secondary N) is 2. The number of H-pyrrole nitrogens is 1. The summed E-state index contributed by atoms with van der Waals surface area (Å²) in [6.07, 6.45) is 0.0526. The zero-order chi connectivity index (χ0) is 18.4. The summed E-state index contributed by atoms with van der Waals surface area (Å²) in [4.78, 5) is 45.4. The molecule has 2 heterocycles. The second-order valence-electron chi connectivity index (χ2n) is 6.84. The van der Waals surface area contributed by atoms with Gasteiger partial charge < -0.3 is 4.98 Å². The van der Waals surface area contributed by atoms with E-state index in [1.54, 1.807) is 17.8 Å². The van der Waals surface area contributed by atoms with Gasteiger partial charge in [-0.25, -0.2) is 5.48 Å². The van der Waals surface area contributed by atoms with E-state index < -0.39 is 22.8 Å². The van der Waals surface area contributed by atoms with E-state index in [9.17, 15) is 14.4 Å². The van der Waals surface area contributed by atoms with Crippen LogP contribution in [0.25, 0.3) is 11.0 Å². The molecule has 7 nitrogen and oxygen atoms in total. The summed E-state index contributed by atoms with van der Waals surface area (Å²) in [7, 11) is 0. The fraction of sp³-hybridized carbons (Fsp3) is 0.438. The van der Waals surface area contributed by atoms with Gasteiger partial charge in [-0.15, -0.1) is 11.8 Å². The molecular weight excluding hydrogens is 410 g/mol. The second kappa shape index (κ2) is 6.62. The van der Waals surface area contributed by atoms with E-state index in [-0.39, 0.29) is 12.3 Å². The summed E-state index contributed by atoms with van der Waals surface area (Å²) < 4.78 is 2.25. The highest BCUT2D eigenvalue weighted by Gasteiger charge is 2.27. The van der Waals surface area contributed by atoms with Gasteiger partial charge in [0.25, 0.3) is 0 Å². The number of amides is 1. The van der Waals surface area contributed by atoms with Crippen LogP contribution in [-0.2, 0) is 9.63 Å². The number of hydrogen-bond acceptors (Lipinski definition) is 5. The van der Waals surface area contributed by atoms with Gasteiger partial charge in [-0.05, 0) is 32.9 Å². The molecule has 1 aliphatic heterocycles. The van der Waals surface area contributed by atoms with E-state index in [1.807, 2.05) is 26.8 Å². The minimum Gasteiger partial charge on any atom is -0.316 e. The molecule has 1 atom stereocenters.